The van der Waals surface area contributed by atoms with Crippen molar-refractivity contribution in [2.24, 2.45) is 0 Å². The molecule has 0 amide bonds. The van der Waals surface area contributed by atoms with E-state index in [4.69, 9.17) is 4.74 Å². The van der Waals surface area contributed by atoms with Crippen LogP contribution in [0.1, 0.15) is 51.5 Å². The van der Waals surface area contributed by atoms with Crippen molar-refractivity contribution in [1.82, 2.24) is 9.55 Å². The lowest BCUT2D eigenvalue weighted by molar-refractivity contribution is -0.0730. The molecule has 0 bridgehead atoms. The summed E-state index contributed by atoms with van der Waals surface area (Å²) >= 11 is 0. The molecule has 90 valence electrons. The highest BCUT2D eigenvalue weighted by Crippen LogP contribution is 2.45. The fraction of sp³-hybridized carbons (Fsp3) is 0.769. The molecule has 2 rings (SSSR count). The molecule has 2 heterocycles. The Balaban J connectivity index is 2.38. The molecular weight excluding hydrogens is 200 g/mol. The number of rotatable bonds is 1. The van der Waals surface area contributed by atoms with Crippen LogP contribution in [0.25, 0.3) is 0 Å². The summed E-state index contributed by atoms with van der Waals surface area (Å²) in [6.45, 7) is 12.8. The highest BCUT2D eigenvalue weighted by atomic mass is 16.5. The maximum atomic E-state index is 6.12. The van der Waals surface area contributed by atoms with Crippen molar-refractivity contribution in [3.63, 3.8) is 0 Å². The zero-order valence-electron chi connectivity index (χ0n) is 11.2. The van der Waals surface area contributed by atoms with Crippen molar-refractivity contribution in [3.05, 3.63) is 17.7 Å². The molecule has 1 aliphatic rings. The van der Waals surface area contributed by atoms with Gasteiger partial charge in [0, 0.05) is 5.69 Å². The quantitative estimate of drug-likeness (QED) is 0.730. The van der Waals surface area contributed by atoms with Crippen molar-refractivity contribution in [3.8, 4) is 0 Å². The average molecular weight is 222 g/mol. The van der Waals surface area contributed by atoms with Crippen LogP contribution in [0, 0.1) is 13.8 Å². The Morgan fingerprint density at radius 3 is 2.31 bits per heavy atom. The largest absolute Gasteiger partial charge is 0.367 e. The van der Waals surface area contributed by atoms with E-state index in [0.29, 0.717) is 6.04 Å². The number of imidazole rings is 1. The van der Waals surface area contributed by atoms with E-state index in [1.807, 2.05) is 6.33 Å². The van der Waals surface area contributed by atoms with Crippen molar-refractivity contribution >= 4 is 0 Å². The molecule has 1 saturated heterocycles. The Hall–Kier alpha value is -0.830. The second kappa shape index (κ2) is 3.33. The van der Waals surface area contributed by atoms with Crippen LogP contribution < -0.4 is 0 Å². The Kier molecular flexibility index (Phi) is 2.42. The zero-order valence-corrected chi connectivity index (χ0v) is 11.2. The van der Waals surface area contributed by atoms with Gasteiger partial charge in [-0.25, -0.2) is 4.98 Å². The monoisotopic (exact) mass is 222 g/mol. The molecule has 0 saturated carbocycles. The predicted octanol–water partition coefficient (Wildman–Crippen LogP) is 3.02. The highest BCUT2D eigenvalue weighted by molar-refractivity contribution is 5.13. The molecule has 1 aromatic heterocycles. The van der Waals surface area contributed by atoms with Crippen LogP contribution in [0.4, 0.5) is 0 Å². The number of ether oxygens (including phenoxy) is 1. The van der Waals surface area contributed by atoms with Crippen LogP contribution in [-0.2, 0) is 4.74 Å². The first-order valence-electron chi connectivity index (χ1n) is 5.93. The number of aryl methyl sites for hydroxylation is 1. The van der Waals surface area contributed by atoms with Crippen LogP contribution in [0.15, 0.2) is 6.33 Å². The minimum absolute atomic E-state index is 0.0429. The predicted molar refractivity (Wildman–Crippen MR) is 64.6 cm³/mol. The van der Waals surface area contributed by atoms with Crippen molar-refractivity contribution < 1.29 is 4.74 Å². The van der Waals surface area contributed by atoms with E-state index in [2.05, 4.69) is 51.1 Å². The summed E-state index contributed by atoms with van der Waals surface area (Å²) in [6.07, 6.45) is 2.98. The van der Waals surface area contributed by atoms with Gasteiger partial charge in [0.2, 0.25) is 0 Å². The maximum Gasteiger partial charge on any atom is 0.0955 e. The lowest BCUT2D eigenvalue weighted by atomic mass is 9.94. The molecule has 1 fully saturated rings. The molecule has 1 atom stereocenters. The summed E-state index contributed by atoms with van der Waals surface area (Å²) in [7, 11) is 0. The smallest absolute Gasteiger partial charge is 0.0955 e. The van der Waals surface area contributed by atoms with Gasteiger partial charge in [-0.1, -0.05) is 0 Å². The maximum absolute atomic E-state index is 6.12. The van der Waals surface area contributed by atoms with Gasteiger partial charge in [-0.3, -0.25) is 0 Å². The topological polar surface area (TPSA) is 27.1 Å². The standard InChI is InChI=1S/C13H22N2O/c1-9-10(2)15(8-14-9)11-7-12(3,4)16-13(11,5)6/h8,11H,7H2,1-6H3. The molecular formula is C13H22N2O. The molecule has 16 heavy (non-hydrogen) atoms. The molecule has 1 aliphatic heterocycles. The van der Waals surface area contributed by atoms with E-state index in [0.717, 1.165) is 12.1 Å². The van der Waals surface area contributed by atoms with Gasteiger partial charge in [0.25, 0.3) is 0 Å². The number of nitrogens with zero attached hydrogens (tertiary/aromatic N) is 2. The SMILES string of the molecule is Cc1ncn(C2CC(C)(C)OC2(C)C)c1C. The minimum atomic E-state index is -0.124. The van der Waals surface area contributed by atoms with Crippen molar-refractivity contribution in [1.29, 1.82) is 0 Å². The van der Waals surface area contributed by atoms with E-state index < -0.39 is 0 Å². The lowest BCUT2D eigenvalue weighted by Crippen LogP contribution is -2.31. The van der Waals surface area contributed by atoms with Crippen molar-refractivity contribution in [2.45, 2.75) is 65.2 Å². The third-order valence-electron chi connectivity index (χ3n) is 3.65. The summed E-state index contributed by atoms with van der Waals surface area (Å²) in [6, 6.07) is 0.378. The first-order chi connectivity index (χ1) is 7.23. The van der Waals surface area contributed by atoms with E-state index in [-0.39, 0.29) is 11.2 Å². The van der Waals surface area contributed by atoms with Gasteiger partial charge in [0.05, 0.1) is 29.3 Å². The summed E-state index contributed by atoms with van der Waals surface area (Å²) in [4.78, 5) is 4.38. The molecule has 1 aromatic rings. The third kappa shape index (κ3) is 1.77. The molecule has 3 nitrogen and oxygen atoms in total. The van der Waals surface area contributed by atoms with Crippen LogP contribution in [0.5, 0.6) is 0 Å². The van der Waals surface area contributed by atoms with Gasteiger partial charge in [0.15, 0.2) is 0 Å². The van der Waals surface area contributed by atoms with Gasteiger partial charge in [-0.15, -0.1) is 0 Å². The Labute approximate surface area is 97.8 Å². The van der Waals surface area contributed by atoms with Gasteiger partial charge in [0.1, 0.15) is 0 Å². The third-order valence-corrected chi connectivity index (χ3v) is 3.65. The molecule has 0 aliphatic carbocycles. The van der Waals surface area contributed by atoms with Gasteiger partial charge < -0.3 is 9.30 Å². The summed E-state index contributed by atoms with van der Waals surface area (Å²) < 4.78 is 8.39. The summed E-state index contributed by atoms with van der Waals surface area (Å²) in [5, 5.41) is 0. The Bertz CT molecular complexity index is 404. The first-order valence-corrected chi connectivity index (χ1v) is 5.93. The highest BCUT2D eigenvalue weighted by Gasteiger charge is 2.47. The van der Waals surface area contributed by atoms with E-state index in [1.165, 1.54) is 5.69 Å². The molecule has 0 spiro atoms. The second-order valence-corrected chi connectivity index (χ2v) is 6.01. The number of hydrogen-bond acceptors (Lipinski definition) is 2. The average Bonchev–Trinajstić information content (AvgIpc) is 2.52. The molecule has 0 radical (unpaired) electrons. The Morgan fingerprint density at radius 1 is 1.31 bits per heavy atom. The van der Waals surface area contributed by atoms with Crippen LogP contribution in [-0.4, -0.2) is 20.8 Å². The minimum Gasteiger partial charge on any atom is -0.367 e. The zero-order chi connectivity index (χ0) is 12.1. The molecule has 0 N–H and O–H groups in total. The second-order valence-electron chi connectivity index (χ2n) is 6.01. The van der Waals surface area contributed by atoms with Gasteiger partial charge in [-0.05, 0) is 48.0 Å². The van der Waals surface area contributed by atoms with Crippen LogP contribution >= 0.6 is 0 Å². The van der Waals surface area contributed by atoms with E-state index in [1.54, 1.807) is 0 Å². The van der Waals surface area contributed by atoms with E-state index in [9.17, 15) is 0 Å². The fourth-order valence-electron chi connectivity index (χ4n) is 2.80. The molecule has 1 unspecified atom stereocenters. The summed E-state index contributed by atoms with van der Waals surface area (Å²) in [5.41, 5.74) is 2.19. The number of aromatic nitrogens is 2. The normalized spacial score (nSPS) is 27.2. The van der Waals surface area contributed by atoms with Gasteiger partial charge in [-0.2, -0.15) is 0 Å². The summed E-state index contributed by atoms with van der Waals surface area (Å²) in [5.74, 6) is 0. The number of hydrogen-bond donors (Lipinski definition) is 0. The van der Waals surface area contributed by atoms with E-state index >= 15 is 0 Å². The molecule has 3 heteroatoms. The first kappa shape index (κ1) is 11.6. The van der Waals surface area contributed by atoms with Crippen molar-refractivity contribution in [2.75, 3.05) is 0 Å². The molecule has 0 aromatic carbocycles. The van der Waals surface area contributed by atoms with Crippen LogP contribution in [0.2, 0.25) is 0 Å². The van der Waals surface area contributed by atoms with Crippen LogP contribution in [0.3, 0.4) is 0 Å². The lowest BCUT2D eigenvalue weighted by Gasteiger charge is -2.28. The Morgan fingerprint density at radius 2 is 1.94 bits per heavy atom. The fourth-order valence-corrected chi connectivity index (χ4v) is 2.80. The van der Waals surface area contributed by atoms with Gasteiger partial charge >= 0.3 is 0 Å².